The molecule has 2 N–H and O–H groups in total. The molecule has 4 rings (SSSR count). The van der Waals surface area contributed by atoms with Crippen LogP contribution < -0.4 is 15.4 Å². The number of aromatic nitrogens is 1. The summed E-state index contributed by atoms with van der Waals surface area (Å²) < 4.78 is 10.4. The van der Waals surface area contributed by atoms with Gasteiger partial charge in [0.15, 0.2) is 12.2 Å². The summed E-state index contributed by atoms with van der Waals surface area (Å²) in [5.74, 6) is 0.823. The highest BCUT2D eigenvalue weighted by Crippen LogP contribution is 2.25. The second-order valence-corrected chi connectivity index (χ2v) is 7.78. The van der Waals surface area contributed by atoms with Crippen molar-refractivity contribution in [3.8, 4) is 17.1 Å². The fourth-order valence-corrected chi connectivity index (χ4v) is 3.73. The number of hydrogen-bond acceptors (Lipinski definition) is 6. The minimum atomic E-state index is -0.280. The molecular formula is C23H19N3O4S. The number of methoxy groups -OCH3 is 1. The van der Waals surface area contributed by atoms with Crippen LogP contribution in [0.15, 0.2) is 71.6 Å². The van der Waals surface area contributed by atoms with Crippen LogP contribution in [0.4, 0.5) is 11.4 Å². The van der Waals surface area contributed by atoms with Crippen molar-refractivity contribution in [2.75, 3.05) is 17.7 Å². The van der Waals surface area contributed by atoms with Gasteiger partial charge in [-0.15, -0.1) is 11.3 Å². The molecule has 0 atom stereocenters. The van der Waals surface area contributed by atoms with Gasteiger partial charge in [0.2, 0.25) is 0 Å². The van der Waals surface area contributed by atoms with Crippen LogP contribution in [0, 0.1) is 6.92 Å². The lowest BCUT2D eigenvalue weighted by Gasteiger charge is -2.09. The van der Waals surface area contributed by atoms with Crippen LogP contribution in [-0.4, -0.2) is 23.9 Å². The summed E-state index contributed by atoms with van der Waals surface area (Å²) in [5, 5.41) is 5.70. The van der Waals surface area contributed by atoms with Gasteiger partial charge in [-0.05, 0) is 67.1 Å². The second-order valence-electron chi connectivity index (χ2n) is 6.70. The maximum Gasteiger partial charge on any atom is 0.265 e. The number of anilines is 2. The lowest BCUT2D eigenvalue weighted by atomic mass is 10.1. The van der Waals surface area contributed by atoms with E-state index in [2.05, 4.69) is 15.6 Å². The highest BCUT2D eigenvalue weighted by molar-refractivity contribution is 7.16. The summed E-state index contributed by atoms with van der Waals surface area (Å²) in [6.45, 7) is 1.89. The normalized spacial score (nSPS) is 10.5. The summed E-state index contributed by atoms with van der Waals surface area (Å²) in [5.41, 5.74) is 3.08. The first-order valence-electron chi connectivity index (χ1n) is 9.39. The molecule has 0 saturated heterocycles. The Kier molecular flexibility index (Phi) is 5.81. The van der Waals surface area contributed by atoms with Gasteiger partial charge in [-0.25, -0.2) is 4.98 Å². The van der Waals surface area contributed by atoms with Gasteiger partial charge in [0.05, 0.1) is 23.1 Å². The smallest absolute Gasteiger partial charge is 0.265 e. The van der Waals surface area contributed by atoms with E-state index >= 15 is 0 Å². The maximum atomic E-state index is 12.6. The Labute approximate surface area is 182 Å². The number of hydrogen-bond donors (Lipinski definition) is 2. The van der Waals surface area contributed by atoms with Gasteiger partial charge >= 0.3 is 0 Å². The van der Waals surface area contributed by atoms with E-state index in [1.54, 1.807) is 49.7 Å². The van der Waals surface area contributed by atoms with Gasteiger partial charge in [-0.3, -0.25) is 9.59 Å². The monoisotopic (exact) mass is 433 g/mol. The van der Waals surface area contributed by atoms with Crippen LogP contribution in [0.1, 0.15) is 24.9 Å². The van der Waals surface area contributed by atoms with Crippen molar-refractivity contribution in [2.24, 2.45) is 0 Å². The van der Waals surface area contributed by atoms with E-state index in [-0.39, 0.29) is 11.8 Å². The number of benzene rings is 2. The van der Waals surface area contributed by atoms with E-state index in [9.17, 15) is 9.59 Å². The number of aryl methyl sites for hydroxylation is 1. The third-order valence-electron chi connectivity index (χ3n) is 4.59. The van der Waals surface area contributed by atoms with E-state index in [1.807, 2.05) is 25.1 Å². The molecule has 2 amide bonds. The van der Waals surface area contributed by atoms with Crippen molar-refractivity contribution in [2.45, 2.75) is 6.92 Å². The number of nitrogens with zero attached hydrogens (tertiary/aromatic N) is 1. The molecule has 0 unspecified atom stereocenters. The van der Waals surface area contributed by atoms with Crippen molar-refractivity contribution >= 4 is 34.5 Å². The lowest BCUT2D eigenvalue weighted by Crippen LogP contribution is -2.11. The molecule has 2 aromatic carbocycles. The zero-order valence-corrected chi connectivity index (χ0v) is 17.7. The van der Waals surface area contributed by atoms with Gasteiger partial charge < -0.3 is 19.8 Å². The first-order chi connectivity index (χ1) is 15.0. The number of carbonyl (C=O) groups is 2. The molecule has 4 aromatic rings. The molecule has 2 aromatic heterocycles. The average molecular weight is 433 g/mol. The number of thiophene rings is 1. The van der Waals surface area contributed by atoms with Crippen LogP contribution >= 0.6 is 11.3 Å². The number of ether oxygens (including phenoxy) is 1. The molecule has 0 aliphatic heterocycles. The molecule has 0 aliphatic rings. The average Bonchev–Trinajstić information content (AvgIpc) is 3.48. The highest BCUT2D eigenvalue weighted by Gasteiger charge is 2.15. The number of nitrogens with one attached hydrogen (secondary N) is 2. The van der Waals surface area contributed by atoms with E-state index in [4.69, 9.17) is 9.15 Å². The van der Waals surface area contributed by atoms with Crippen molar-refractivity contribution in [1.82, 2.24) is 4.98 Å². The fraction of sp³-hybridized carbons (Fsp3) is 0.0870. The number of rotatable bonds is 6. The van der Waals surface area contributed by atoms with E-state index in [1.165, 1.54) is 6.39 Å². The summed E-state index contributed by atoms with van der Waals surface area (Å²) in [7, 11) is 1.59. The first-order valence-corrected chi connectivity index (χ1v) is 10.2. The Morgan fingerprint density at radius 3 is 2.29 bits per heavy atom. The van der Waals surface area contributed by atoms with Crippen LogP contribution in [0.3, 0.4) is 0 Å². The minimum absolute atomic E-state index is 0.270. The van der Waals surface area contributed by atoms with Crippen LogP contribution in [0.5, 0.6) is 5.75 Å². The van der Waals surface area contributed by atoms with Gasteiger partial charge in [-0.2, -0.15) is 0 Å². The number of carbonyl (C=O) groups excluding carboxylic acids is 2. The molecule has 31 heavy (non-hydrogen) atoms. The predicted molar refractivity (Wildman–Crippen MR) is 120 cm³/mol. The molecule has 7 nitrogen and oxygen atoms in total. The summed E-state index contributed by atoms with van der Waals surface area (Å²) >= 11 is 1.13. The molecule has 8 heteroatoms. The van der Waals surface area contributed by atoms with E-state index < -0.39 is 0 Å². The third kappa shape index (κ3) is 4.65. The summed E-state index contributed by atoms with van der Waals surface area (Å²) in [6, 6.07) is 15.9. The van der Waals surface area contributed by atoms with Crippen LogP contribution in [-0.2, 0) is 0 Å². The SMILES string of the molecule is COc1ccc(NC(=O)c2ccc(C(=O)Nc3ccc(-c4cnco4)cc3)s2)c(C)c1. The molecule has 0 saturated carbocycles. The van der Waals surface area contributed by atoms with Gasteiger partial charge in [0.25, 0.3) is 11.8 Å². The molecule has 156 valence electrons. The highest BCUT2D eigenvalue weighted by atomic mass is 32.1. The molecule has 0 fully saturated rings. The third-order valence-corrected chi connectivity index (χ3v) is 5.68. The van der Waals surface area contributed by atoms with E-state index in [0.29, 0.717) is 26.9 Å². The van der Waals surface area contributed by atoms with Crippen molar-refractivity contribution in [3.63, 3.8) is 0 Å². The predicted octanol–water partition coefficient (Wildman–Crippen LogP) is 5.22. The van der Waals surface area contributed by atoms with Crippen LogP contribution in [0.25, 0.3) is 11.3 Å². The fourth-order valence-electron chi connectivity index (χ4n) is 2.94. The molecule has 0 radical (unpaired) electrons. The van der Waals surface area contributed by atoms with Gasteiger partial charge in [0.1, 0.15) is 5.75 Å². The maximum absolute atomic E-state index is 12.6. The first kappa shape index (κ1) is 20.4. The Hall–Kier alpha value is -3.91. The Bertz CT molecular complexity index is 1210. The Morgan fingerprint density at radius 2 is 1.68 bits per heavy atom. The quantitative estimate of drug-likeness (QED) is 0.435. The summed E-state index contributed by atoms with van der Waals surface area (Å²) in [4.78, 5) is 29.9. The number of oxazole rings is 1. The van der Waals surface area contributed by atoms with Gasteiger partial charge in [0, 0.05) is 16.9 Å². The van der Waals surface area contributed by atoms with Crippen molar-refractivity contribution < 1.29 is 18.7 Å². The zero-order valence-electron chi connectivity index (χ0n) is 16.8. The lowest BCUT2D eigenvalue weighted by molar-refractivity contribution is 0.102. The summed E-state index contributed by atoms with van der Waals surface area (Å²) in [6.07, 6.45) is 2.99. The Balaban J connectivity index is 1.41. The zero-order chi connectivity index (χ0) is 21.8. The minimum Gasteiger partial charge on any atom is -0.497 e. The number of amides is 2. The van der Waals surface area contributed by atoms with Crippen molar-refractivity contribution in [1.29, 1.82) is 0 Å². The molecule has 0 bridgehead atoms. The topological polar surface area (TPSA) is 93.5 Å². The standard InChI is InChI=1S/C23H19N3O4S/c1-14-11-17(29-2)7-8-18(14)26-23(28)21-10-9-20(31-21)22(27)25-16-5-3-15(4-6-16)19-12-24-13-30-19/h3-13H,1-2H3,(H,25,27)(H,26,28). The molecular weight excluding hydrogens is 414 g/mol. The van der Waals surface area contributed by atoms with Crippen LogP contribution in [0.2, 0.25) is 0 Å². The molecule has 0 spiro atoms. The van der Waals surface area contributed by atoms with Gasteiger partial charge in [-0.1, -0.05) is 0 Å². The largest absolute Gasteiger partial charge is 0.497 e. The Morgan fingerprint density at radius 1 is 0.968 bits per heavy atom. The molecule has 2 heterocycles. The second kappa shape index (κ2) is 8.85. The molecule has 0 aliphatic carbocycles. The van der Waals surface area contributed by atoms with E-state index in [0.717, 1.165) is 28.2 Å². The van der Waals surface area contributed by atoms with Crippen molar-refractivity contribution in [3.05, 3.63) is 82.5 Å².